The Morgan fingerprint density at radius 3 is 1.56 bits per heavy atom. The molecule has 2 radical (unpaired) electrons. The first kappa shape index (κ1) is 14.0. The second-order valence-corrected chi connectivity index (χ2v) is 6.09. The number of halogens is 2. The summed E-state index contributed by atoms with van der Waals surface area (Å²) in [7, 11) is 3.34. The Labute approximate surface area is 136 Å². The van der Waals surface area contributed by atoms with Crippen molar-refractivity contribution in [2.45, 2.75) is 0 Å². The molecular formula is C13H8I2O2Si. The maximum Gasteiger partial charge on any atom is 0.247 e. The van der Waals surface area contributed by atoms with E-state index in [9.17, 15) is 0 Å². The molecule has 0 aliphatic heterocycles. The highest BCUT2D eigenvalue weighted by molar-refractivity contribution is 14.1. The summed E-state index contributed by atoms with van der Waals surface area (Å²) >= 11 is 4.43. The van der Waals surface area contributed by atoms with Gasteiger partial charge in [-0.3, -0.25) is 0 Å². The van der Waals surface area contributed by atoms with Crippen LogP contribution >= 0.6 is 45.2 Å². The van der Waals surface area contributed by atoms with E-state index in [0.717, 1.165) is 18.6 Å². The zero-order valence-electron chi connectivity index (χ0n) is 9.19. The third-order valence-corrected chi connectivity index (χ3v) is 4.07. The van der Waals surface area contributed by atoms with Gasteiger partial charge in [-0.25, -0.2) is 0 Å². The fourth-order valence-electron chi connectivity index (χ4n) is 1.28. The van der Waals surface area contributed by atoms with Crippen LogP contribution in [0.25, 0.3) is 0 Å². The molecule has 0 atom stereocenters. The highest BCUT2D eigenvalue weighted by atomic mass is 127. The molecule has 0 bridgehead atoms. The van der Waals surface area contributed by atoms with E-state index in [1.807, 2.05) is 48.5 Å². The first-order chi connectivity index (χ1) is 8.66. The van der Waals surface area contributed by atoms with Gasteiger partial charge in [0, 0.05) is 0 Å². The van der Waals surface area contributed by atoms with Crippen molar-refractivity contribution in [2.75, 3.05) is 0 Å². The summed E-state index contributed by atoms with van der Waals surface area (Å²) < 4.78 is 13.3. The summed E-state index contributed by atoms with van der Waals surface area (Å²) in [5.74, 6) is 1.52. The van der Waals surface area contributed by atoms with Gasteiger partial charge in [0.05, 0.1) is 7.14 Å². The van der Waals surface area contributed by atoms with Gasteiger partial charge in [0.25, 0.3) is 0 Å². The molecule has 0 saturated carbocycles. The minimum absolute atomic E-state index is 0.322. The van der Waals surface area contributed by atoms with E-state index in [1.54, 1.807) is 0 Å². The third kappa shape index (κ3) is 3.79. The van der Waals surface area contributed by atoms with Crippen molar-refractivity contribution in [3.8, 4) is 11.5 Å². The van der Waals surface area contributed by atoms with Crippen molar-refractivity contribution >= 4 is 60.6 Å². The molecule has 0 aliphatic rings. The molecule has 0 amide bonds. The third-order valence-electron chi connectivity index (χ3n) is 2.08. The summed E-state index contributed by atoms with van der Waals surface area (Å²) in [6, 6.07) is 15.5. The molecule has 0 unspecified atom stereocenters. The molecule has 0 aromatic heterocycles. The van der Waals surface area contributed by atoms with Crippen LogP contribution in [0.1, 0.15) is 0 Å². The normalized spacial score (nSPS) is 9.89. The molecule has 0 heterocycles. The van der Waals surface area contributed by atoms with Crippen LogP contribution in [-0.4, -0.2) is 15.4 Å². The fourth-order valence-corrected chi connectivity index (χ4v) is 2.49. The summed E-state index contributed by atoms with van der Waals surface area (Å²) in [5, 5.41) is 0. The van der Waals surface area contributed by atoms with Crippen LogP contribution in [0.2, 0.25) is 0 Å². The molecule has 0 N–H and O–H groups in total. The van der Waals surface area contributed by atoms with Gasteiger partial charge < -0.3 is 9.47 Å². The van der Waals surface area contributed by atoms with E-state index in [0.29, 0.717) is 5.54 Å². The minimum Gasteiger partial charge on any atom is -0.430 e. The summed E-state index contributed by atoms with van der Waals surface area (Å²) in [5.41, 5.74) is 0.322. The molecule has 18 heavy (non-hydrogen) atoms. The van der Waals surface area contributed by atoms with Crippen LogP contribution in [0, 0.1) is 7.14 Å². The van der Waals surface area contributed by atoms with E-state index >= 15 is 0 Å². The van der Waals surface area contributed by atoms with Gasteiger partial charge in [-0.05, 0) is 69.4 Å². The lowest BCUT2D eigenvalue weighted by Gasteiger charge is -2.12. The summed E-state index contributed by atoms with van der Waals surface area (Å²) in [4.78, 5) is 0. The second kappa shape index (κ2) is 6.67. The number of hydrogen-bond donors (Lipinski definition) is 0. The first-order valence-corrected chi connectivity index (χ1v) is 7.76. The van der Waals surface area contributed by atoms with Gasteiger partial charge in [-0.2, -0.15) is 0 Å². The van der Waals surface area contributed by atoms with Gasteiger partial charge in [-0.1, -0.05) is 24.3 Å². The number of ether oxygens (including phenoxy) is 2. The molecule has 0 aliphatic carbocycles. The Morgan fingerprint density at radius 2 is 1.17 bits per heavy atom. The molecule has 5 heteroatoms. The minimum atomic E-state index is 0.322. The zero-order chi connectivity index (χ0) is 13.0. The lowest BCUT2D eigenvalue weighted by molar-refractivity contribution is 0.398. The van der Waals surface area contributed by atoms with Gasteiger partial charge in [0.2, 0.25) is 5.54 Å². The van der Waals surface area contributed by atoms with Gasteiger partial charge in [0.15, 0.2) is 9.85 Å². The van der Waals surface area contributed by atoms with Crippen LogP contribution < -0.4 is 9.47 Å². The van der Waals surface area contributed by atoms with Crippen molar-refractivity contribution in [1.82, 2.24) is 0 Å². The molecule has 2 rings (SSSR count). The van der Waals surface area contributed by atoms with E-state index in [2.05, 4.69) is 55.0 Å². The van der Waals surface area contributed by atoms with Crippen molar-refractivity contribution in [3.63, 3.8) is 0 Å². The Balaban J connectivity index is 2.06. The highest BCUT2D eigenvalue weighted by Gasteiger charge is 2.06. The zero-order valence-corrected chi connectivity index (χ0v) is 14.5. The molecule has 2 nitrogen and oxygen atoms in total. The van der Waals surface area contributed by atoms with Crippen LogP contribution in [0.5, 0.6) is 11.5 Å². The van der Waals surface area contributed by atoms with E-state index in [4.69, 9.17) is 9.47 Å². The number of benzene rings is 2. The van der Waals surface area contributed by atoms with Gasteiger partial charge in [-0.15, -0.1) is 0 Å². The average Bonchev–Trinajstić information content (AvgIpc) is 2.35. The Morgan fingerprint density at radius 1 is 0.778 bits per heavy atom. The second-order valence-electron chi connectivity index (χ2n) is 3.35. The van der Waals surface area contributed by atoms with E-state index < -0.39 is 0 Å². The SMILES string of the molecule is [Si]=C(Oc1ccccc1I)Oc1ccccc1I. The van der Waals surface area contributed by atoms with Crippen LogP contribution in [0.4, 0.5) is 0 Å². The number of hydrogen-bond acceptors (Lipinski definition) is 2. The maximum atomic E-state index is 5.60. The average molecular weight is 478 g/mol. The van der Waals surface area contributed by atoms with Crippen LogP contribution in [0.15, 0.2) is 48.5 Å². The first-order valence-electron chi connectivity index (χ1n) is 5.10. The van der Waals surface area contributed by atoms with E-state index in [-0.39, 0.29) is 0 Å². The molecule has 90 valence electrons. The van der Waals surface area contributed by atoms with Crippen molar-refractivity contribution in [1.29, 1.82) is 0 Å². The quantitative estimate of drug-likeness (QED) is 0.494. The lowest BCUT2D eigenvalue weighted by atomic mass is 10.3. The predicted molar refractivity (Wildman–Crippen MR) is 90.3 cm³/mol. The Bertz CT molecular complexity index is 523. The predicted octanol–water partition coefficient (Wildman–Crippen LogP) is 3.61. The summed E-state index contributed by atoms with van der Waals surface area (Å²) in [6.07, 6.45) is 0. The van der Waals surface area contributed by atoms with Crippen LogP contribution in [-0.2, 0) is 0 Å². The van der Waals surface area contributed by atoms with Crippen LogP contribution in [0.3, 0.4) is 0 Å². The Kier molecular flexibility index (Phi) is 5.19. The largest absolute Gasteiger partial charge is 0.430 e. The molecule has 0 saturated heterocycles. The standard InChI is InChI=1S/C13H8I2O2Si/c14-9-5-1-3-7-11(9)16-13(18)17-12-8-4-2-6-10(12)15/h1-8H. The molecule has 2 aromatic carbocycles. The van der Waals surface area contributed by atoms with Gasteiger partial charge in [0.1, 0.15) is 11.5 Å². The Hall–Kier alpha value is -0.413. The van der Waals surface area contributed by atoms with Crippen molar-refractivity contribution < 1.29 is 9.47 Å². The number of rotatable bonds is 4. The molecule has 0 fully saturated rings. The summed E-state index contributed by atoms with van der Waals surface area (Å²) in [6.45, 7) is 0. The van der Waals surface area contributed by atoms with Crippen molar-refractivity contribution in [2.24, 2.45) is 0 Å². The van der Waals surface area contributed by atoms with E-state index in [1.165, 1.54) is 0 Å². The molecule has 0 spiro atoms. The molecular weight excluding hydrogens is 470 g/mol. The smallest absolute Gasteiger partial charge is 0.247 e. The molecule has 2 aromatic rings. The topological polar surface area (TPSA) is 18.5 Å². The lowest BCUT2D eigenvalue weighted by Crippen LogP contribution is -2.17. The highest BCUT2D eigenvalue weighted by Crippen LogP contribution is 2.22. The maximum absolute atomic E-state index is 5.60. The monoisotopic (exact) mass is 478 g/mol. The fraction of sp³-hybridized carbons (Fsp3) is 0. The van der Waals surface area contributed by atoms with Gasteiger partial charge >= 0.3 is 0 Å². The van der Waals surface area contributed by atoms with Crippen molar-refractivity contribution in [3.05, 3.63) is 55.7 Å². The number of para-hydroxylation sites is 2.